The molecule has 1 heterocycles. The fourth-order valence-electron chi connectivity index (χ4n) is 2.98. The summed E-state index contributed by atoms with van der Waals surface area (Å²) < 4.78 is 11.1. The van der Waals surface area contributed by atoms with Gasteiger partial charge in [0.15, 0.2) is 0 Å². The molecule has 1 aliphatic heterocycles. The predicted octanol–water partition coefficient (Wildman–Crippen LogP) is 2.81. The van der Waals surface area contributed by atoms with Gasteiger partial charge in [-0.2, -0.15) is 0 Å². The first-order valence-corrected chi connectivity index (χ1v) is 6.73. The Morgan fingerprint density at radius 3 is 2.44 bits per heavy atom. The van der Waals surface area contributed by atoms with E-state index in [9.17, 15) is 0 Å². The highest BCUT2D eigenvalue weighted by atomic mass is 16.5. The van der Waals surface area contributed by atoms with E-state index in [-0.39, 0.29) is 0 Å². The summed E-state index contributed by atoms with van der Waals surface area (Å²) in [7, 11) is 3.47. The molecule has 0 bridgehead atoms. The lowest BCUT2D eigenvalue weighted by atomic mass is 9.79. The summed E-state index contributed by atoms with van der Waals surface area (Å²) in [6, 6.07) is 6.06. The van der Waals surface area contributed by atoms with E-state index in [0.29, 0.717) is 11.8 Å². The minimum atomic E-state index is 0.530. The molecule has 0 radical (unpaired) electrons. The van der Waals surface area contributed by atoms with Gasteiger partial charge in [0.25, 0.3) is 0 Å². The molecule has 2 unspecified atom stereocenters. The monoisotopic (exact) mass is 249 g/mol. The Hall–Kier alpha value is -1.22. The summed E-state index contributed by atoms with van der Waals surface area (Å²) in [6.07, 6.45) is 2.33. The third-order valence-corrected chi connectivity index (χ3v) is 3.97. The van der Waals surface area contributed by atoms with Crippen LogP contribution in [0.2, 0.25) is 0 Å². The first-order valence-electron chi connectivity index (χ1n) is 6.73. The van der Waals surface area contributed by atoms with Gasteiger partial charge < -0.3 is 14.8 Å². The van der Waals surface area contributed by atoms with Crippen LogP contribution >= 0.6 is 0 Å². The molecule has 1 N–H and O–H groups in total. The van der Waals surface area contributed by atoms with Gasteiger partial charge in [0, 0.05) is 5.56 Å². The smallest absolute Gasteiger partial charge is 0.126 e. The molecule has 0 amide bonds. The molecule has 0 spiro atoms. The van der Waals surface area contributed by atoms with E-state index in [4.69, 9.17) is 9.47 Å². The maximum atomic E-state index is 5.53. The maximum absolute atomic E-state index is 5.53. The first-order chi connectivity index (χ1) is 8.81. The molecule has 1 saturated heterocycles. The molecular formula is C15H23NO2. The topological polar surface area (TPSA) is 30.5 Å². The number of hydrogen-bond donors (Lipinski definition) is 1. The molecule has 1 aromatic carbocycles. The van der Waals surface area contributed by atoms with Gasteiger partial charge in [0.1, 0.15) is 11.5 Å². The first kappa shape index (κ1) is 13.2. The van der Waals surface area contributed by atoms with Crippen molar-refractivity contribution in [1.29, 1.82) is 0 Å². The van der Waals surface area contributed by atoms with Crippen molar-refractivity contribution in [2.45, 2.75) is 25.7 Å². The van der Waals surface area contributed by atoms with E-state index >= 15 is 0 Å². The van der Waals surface area contributed by atoms with Crippen LogP contribution in [0, 0.1) is 5.92 Å². The average Bonchev–Trinajstić information content (AvgIpc) is 2.46. The zero-order chi connectivity index (χ0) is 13.0. The van der Waals surface area contributed by atoms with E-state index in [1.807, 2.05) is 18.2 Å². The highest BCUT2D eigenvalue weighted by Gasteiger charge is 2.29. The zero-order valence-corrected chi connectivity index (χ0v) is 11.5. The van der Waals surface area contributed by atoms with E-state index in [2.05, 4.69) is 12.2 Å². The number of methoxy groups -OCH3 is 2. The molecule has 2 rings (SSSR count). The van der Waals surface area contributed by atoms with Crippen molar-refractivity contribution in [3.05, 3.63) is 23.8 Å². The SMILES string of the molecule is CCC1CNCCC1c1c(OC)cccc1OC. The number of hydrogen-bond acceptors (Lipinski definition) is 3. The lowest BCUT2D eigenvalue weighted by molar-refractivity contribution is 0.296. The number of nitrogens with one attached hydrogen (secondary N) is 1. The quantitative estimate of drug-likeness (QED) is 0.890. The zero-order valence-electron chi connectivity index (χ0n) is 11.5. The highest BCUT2D eigenvalue weighted by molar-refractivity contribution is 5.47. The van der Waals surface area contributed by atoms with Gasteiger partial charge >= 0.3 is 0 Å². The fraction of sp³-hybridized carbons (Fsp3) is 0.600. The Morgan fingerprint density at radius 2 is 1.89 bits per heavy atom. The van der Waals surface area contributed by atoms with Crippen molar-refractivity contribution in [3.8, 4) is 11.5 Å². The van der Waals surface area contributed by atoms with Crippen LogP contribution in [-0.4, -0.2) is 27.3 Å². The largest absolute Gasteiger partial charge is 0.496 e. The van der Waals surface area contributed by atoms with Gasteiger partial charge in [-0.15, -0.1) is 0 Å². The van der Waals surface area contributed by atoms with Gasteiger partial charge in [0.2, 0.25) is 0 Å². The van der Waals surface area contributed by atoms with E-state index < -0.39 is 0 Å². The number of rotatable bonds is 4. The van der Waals surface area contributed by atoms with Gasteiger partial charge in [-0.3, -0.25) is 0 Å². The molecule has 3 nitrogen and oxygen atoms in total. The van der Waals surface area contributed by atoms with Crippen LogP contribution in [0.1, 0.15) is 31.2 Å². The number of ether oxygens (including phenoxy) is 2. The summed E-state index contributed by atoms with van der Waals surface area (Å²) in [4.78, 5) is 0. The van der Waals surface area contributed by atoms with Crippen molar-refractivity contribution in [2.75, 3.05) is 27.3 Å². The van der Waals surface area contributed by atoms with Crippen LogP contribution in [0.5, 0.6) is 11.5 Å². The maximum Gasteiger partial charge on any atom is 0.126 e. The molecule has 100 valence electrons. The summed E-state index contributed by atoms with van der Waals surface area (Å²) in [6.45, 7) is 4.41. The van der Waals surface area contributed by atoms with Gasteiger partial charge in [-0.25, -0.2) is 0 Å². The third kappa shape index (κ3) is 2.46. The van der Waals surface area contributed by atoms with Crippen molar-refractivity contribution in [2.24, 2.45) is 5.92 Å². The van der Waals surface area contributed by atoms with Gasteiger partial charge in [0.05, 0.1) is 14.2 Å². The second-order valence-electron chi connectivity index (χ2n) is 4.84. The summed E-state index contributed by atoms with van der Waals surface area (Å²) in [5, 5.41) is 3.48. The summed E-state index contributed by atoms with van der Waals surface area (Å²) >= 11 is 0. The van der Waals surface area contributed by atoms with Crippen molar-refractivity contribution < 1.29 is 9.47 Å². The van der Waals surface area contributed by atoms with Crippen LogP contribution in [0.25, 0.3) is 0 Å². The molecular weight excluding hydrogens is 226 g/mol. The molecule has 1 aromatic rings. The molecule has 0 aromatic heterocycles. The van der Waals surface area contributed by atoms with Crippen molar-refractivity contribution in [3.63, 3.8) is 0 Å². The van der Waals surface area contributed by atoms with E-state index in [0.717, 1.165) is 31.0 Å². The summed E-state index contributed by atoms with van der Waals surface area (Å²) in [5.74, 6) is 3.10. The fourth-order valence-corrected chi connectivity index (χ4v) is 2.98. The van der Waals surface area contributed by atoms with Gasteiger partial charge in [-0.05, 0) is 43.5 Å². The Bertz CT molecular complexity index is 370. The lowest BCUT2D eigenvalue weighted by Crippen LogP contribution is -2.35. The normalized spacial score (nSPS) is 23.7. The van der Waals surface area contributed by atoms with Gasteiger partial charge in [-0.1, -0.05) is 19.4 Å². The minimum Gasteiger partial charge on any atom is -0.496 e. The highest BCUT2D eigenvalue weighted by Crippen LogP contribution is 2.42. The molecule has 3 heteroatoms. The van der Waals surface area contributed by atoms with Crippen LogP contribution in [-0.2, 0) is 0 Å². The third-order valence-electron chi connectivity index (χ3n) is 3.97. The second-order valence-corrected chi connectivity index (χ2v) is 4.84. The minimum absolute atomic E-state index is 0.530. The number of benzene rings is 1. The van der Waals surface area contributed by atoms with Crippen LogP contribution < -0.4 is 14.8 Å². The molecule has 18 heavy (non-hydrogen) atoms. The summed E-state index contributed by atoms with van der Waals surface area (Å²) in [5.41, 5.74) is 1.25. The molecule has 1 fully saturated rings. The molecule has 2 atom stereocenters. The van der Waals surface area contributed by atoms with Crippen molar-refractivity contribution in [1.82, 2.24) is 5.32 Å². The predicted molar refractivity (Wildman–Crippen MR) is 73.6 cm³/mol. The van der Waals surface area contributed by atoms with Crippen molar-refractivity contribution >= 4 is 0 Å². The lowest BCUT2D eigenvalue weighted by Gasteiger charge is -2.33. The van der Waals surface area contributed by atoms with Crippen LogP contribution in [0.4, 0.5) is 0 Å². The Morgan fingerprint density at radius 1 is 1.22 bits per heavy atom. The van der Waals surface area contributed by atoms with Crippen LogP contribution in [0.3, 0.4) is 0 Å². The number of piperidine rings is 1. The van der Waals surface area contributed by atoms with Crippen LogP contribution in [0.15, 0.2) is 18.2 Å². The molecule has 1 aliphatic rings. The Labute approximate surface area is 109 Å². The Kier molecular flexibility index (Phi) is 4.48. The second kappa shape index (κ2) is 6.10. The average molecular weight is 249 g/mol. The molecule has 0 aliphatic carbocycles. The van der Waals surface area contributed by atoms with E-state index in [1.54, 1.807) is 14.2 Å². The standard InChI is InChI=1S/C15H23NO2/c1-4-11-10-16-9-8-12(11)15-13(17-2)6-5-7-14(15)18-3/h5-7,11-12,16H,4,8-10H2,1-3H3. The Balaban J connectivity index is 2.40. The molecule has 0 saturated carbocycles. The van der Waals surface area contributed by atoms with E-state index in [1.165, 1.54) is 12.0 Å².